The van der Waals surface area contributed by atoms with Crippen molar-refractivity contribution in [2.75, 3.05) is 7.11 Å². The molecule has 0 aliphatic heterocycles. The zero-order chi connectivity index (χ0) is 13.8. The summed E-state index contributed by atoms with van der Waals surface area (Å²) < 4.78 is 10.9. The molecule has 0 aliphatic rings. The summed E-state index contributed by atoms with van der Waals surface area (Å²) in [4.78, 5) is 0. The summed E-state index contributed by atoms with van der Waals surface area (Å²) >= 11 is 11.9. The van der Waals surface area contributed by atoms with Gasteiger partial charge in [-0.15, -0.1) is 0 Å². The first-order valence-corrected chi connectivity index (χ1v) is 6.30. The van der Waals surface area contributed by atoms with E-state index in [9.17, 15) is 0 Å². The molecule has 0 amide bonds. The van der Waals surface area contributed by atoms with Gasteiger partial charge in [0.2, 0.25) is 0 Å². The van der Waals surface area contributed by atoms with Gasteiger partial charge < -0.3 is 14.6 Å². The van der Waals surface area contributed by atoms with E-state index in [2.05, 4.69) is 0 Å². The maximum absolute atomic E-state index is 9.08. The molecule has 100 valence electrons. The van der Waals surface area contributed by atoms with Crippen LogP contribution in [0.15, 0.2) is 36.4 Å². The van der Waals surface area contributed by atoms with Crippen LogP contribution in [0.3, 0.4) is 0 Å². The van der Waals surface area contributed by atoms with E-state index in [-0.39, 0.29) is 6.61 Å². The highest BCUT2D eigenvalue weighted by Gasteiger charge is 2.09. The zero-order valence-electron chi connectivity index (χ0n) is 10.2. The first-order valence-electron chi connectivity index (χ1n) is 5.54. The summed E-state index contributed by atoms with van der Waals surface area (Å²) in [6.07, 6.45) is 0. The second-order valence-corrected chi connectivity index (χ2v) is 4.66. The molecule has 19 heavy (non-hydrogen) atoms. The first-order chi connectivity index (χ1) is 9.13. The van der Waals surface area contributed by atoms with Crippen LogP contribution >= 0.6 is 23.2 Å². The molecule has 0 saturated carbocycles. The fourth-order valence-corrected chi connectivity index (χ4v) is 2.02. The van der Waals surface area contributed by atoms with Crippen molar-refractivity contribution in [1.82, 2.24) is 0 Å². The summed E-state index contributed by atoms with van der Waals surface area (Å²) in [6.45, 7) is -0.0572. The minimum atomic E-state index is -0.0572. The molecule has 0 unspecified atom stereocenters. The molecule has 0 saturated heterocycles. The van der Waals surface area contributed by atoms with Crippen LogP contribution in [0.4, 0.5) is 0 Å². The Hall–Kier alpha value is -1.42. The van der Waals surface area contributed by atoms with Gasteiger partial charge in [-0.25, -0.2) is 0 Å². The number of hydrogen-bond donors (Lipinski definition) is 1. The van der Waals surface area contributed by atoms with Crippen LogP contribution in [0, 0.1) is 0 Å². The molecule has 3 nitrogen and oxygen atoms in total. The molecule has 2 aromatic carbocycles. The fraction of sp³-hybridized carbons (Fsp3) is 0.143. The molecule has 0 spiro atoms. The maximum atomic E-state index is 9.08. The lowest BCUT2D eigenvalue weighted by Gasteiger charge is -2.12. The van der Waals surface area contributed by atoms with Crippen molar-refractivity contribution >= 4 is 23.2 Å². The van der Waals surface area contributed by atoms with Crippen LogP contribution in [-0.2, 0) is 6.61 Å². The predicted molar refractivity (Wildman–Crippen MR) is 75.5 cm³/mol. The number of hydrogen-bond acceptors (Lipinski definition) is 3. The molecular weight excluding hydrogens is 287 g/mol. The molecule has 0 bridgehead atoms. The molecule has 0 radical (unpaired) electrons. The van der Waals surface area contributed by atoms with Crippen molar-refractivity contribution in [2.45, 2.75) is 6.61 Å². The number of benzene rings is 2. The van der Waals surface area contributed by atoms with Crippen LogP contribution in [0.1, 0.15) is 5.56 Å². The van der Waals surface area contributed by atoms with Gasteiger partial charge in [0.25, 0.3) is 0 Å². The summed E-state index contributed by atoms with van der Waals surface area (Å²) in [6, 6.07) is 10.2. The molecule has 5 heteroatoms. The van der Waals surface area contributed by atoms with E-state index in [0.717, 1.165) is 5.56 Å². The number of aliphatic hydroxyl groups is 1. The highest BCUT2D eigenvalue weighted by molar-refractivity contribution is 6.35. The second-order valence-electron chi connectivity index (χ2n) is 3.82. The summed E-state index contributed by atoms with van der Waals surface area (Å²) in [5, 5.41) is 10.0. The Labute approximate surface area is 121 Å². The Morgan fingerprint density at radius 3 is 2.37 bits per heavy atom. The molecule has 0 aromatic heterocycles. The molecule has 2 rings (SSSR count). The third kappa shape index (κ3) is 3.32. The number of aliphatic hydroxyl groups excluding tert-OH is 1. The lowest BCUT2D eigenvalue weighted by molar-refractivity contribution is 0.280. The lowest BCUT2D eigenvalue weighted by Crippen LogP contribution is -1.93. The molecule has 0 heterocycles. The van der Waals surface area contributed by atoms with Gasteiger partial charge in [-0.2, -0.15) is 0 Å². The lowest BCUT2D eigenvalue weighted by atomic mass is 10.2. The van der Waals surface area contributed by atoms with Gasteiger partial charge in [-0.05, 0) is 35.9 Å². The summed E-state index contributed by atoms with van der Waals surface area (Å²) in [5.74, 6) is 1.53. The van der Waals surface area contributed by atoms with E-state index in [1.54, 1.807) is 36.4 Å². The van der Waals surface area contributed by atoms with Crippen molar-refractivity contribution in [3.8, 4) is 17.2 Å². The largest absolute Gasteiger partial charge is 0.493 e. The third-order valence-corrected chi connectivity index (χ3v) is 3.05. The van der Waals surface area contributed by atoms with Crippen molar-refractivity contribution in [3.05, 3.63) is 52.0 Å². The Morgan fingerprint density at radius 1 is 1.00 bits per heavy atom. The van der Waals surface area contributed by atoms with E-state index in [0.29, 0.717) is 27.3 Å². The molecule has 0 aliphatic carbocycles. The normalized spacial score (nSPS) is 10.3. The van der Waals surface area contributed by atoms with Gasteiger partial charge in [0.05, 0.1) is 18.7 Å². The van der Waals surface area contributed by atoms with Gasteiger partial charge in [0.1, 0.15) is 5.75 Å². The smallest absolute Gasteiger partial charge is 0.169 e. The standard InChI is InChI=1S/C14H12Cl2O3/c1-18-14-6-9(8-17)2-4-13(14)19-12-5-3-10(15)7-11(12)16/h2-7,17H,8H2,1H3. The second kappa shape index (κ2) is 6.15. The van der Waals surface area contributed by atoms with Crippen LogP contribution < -0.4 is 9.47 Å². The number of ether oxygens (including phenoxy) is 2. The Morgan fingerprint density at radius 2 is 1.74 bits per heavy atom. The van der Waals surface area contributed by atoms with Crippen LogP contribution in [0.25, 0.3) is 0 Å². The van der Waals surface area contributed by atoms with Gasteiger partial charge >= 0.3 is 0 Å². The average molecular weight is 299 g/mol. The van der Waals surface area contributed by atoms with E-state index in [1.807, 2.05) is 0 Å². The zero-order valence-corrected chi connectivity index (χ0v) is 11.7. The Balaban J connectivity index is 2.32. The van der Waals surface area contributed by atoms with E-state index in [4.69, 9.17) is 37.8 Å². The van der Waals surface area contributed by atoms with E-state index in [1.165, 1.54) is 7.11 Å². The van der Waals surface area contributed by atoms with Crippen LogP contribution in [-0.4, -0.2) is 12.2 Å². The van der Waals surface area contributed by atoms with Gasteiger partial charge in [-0.3, -0.25) is 0 Å². The van der Waals surface area contributed by atoms with Crippen molar-refractivity contribution in [1.29, 1.82) is 0 Å². The van der Waals surface area contributed by atoms with Gasteiger partial charge in [-0.1, -0.05) is 29.3 Å². The highest BCUT2D eigenvalue weighted by atomic mass is 35.5. The van der Waals surface area contributed by atoms with E-state index < -0.39 is 0 Å². The average Bonchev–Trinajstić information content (AvgIpc) is 2.42. The van der Waals surface area contributed by atoms with Crippen LogP contribution in [0.2, 0.25) is 10.0 Å². The Bertz CT molecular complexity index is 585. The first kappa shape index (κ1) is 14.0. The van der Waals surface area contributed by atoms with Crippen molar-refractivity contribution < 1.29 is 14.6 Å². The molecular formula is C14H12Cl2O3. The third-order valence-electron chi connectivity index (χ3n) is 2.52. The monoisotopic (exact) mass is 298 g/mol. The van der Waals surface area contributed by atoms with Crippen molar-refractivity contribution in [2.24, 2.45) is 0 Å². The predicted octanol–water partition coefficient (Wildman–Crippen LogP) is 4.29. The fourth-order valence-electron chi connectivity index (χ4n) is 1.57. The van der Waals surface area contributed by atoms with Gasteiger partial charge in [0.15, 0.2) is 11.5 Å². The molecule has 1 N–H and O–H groups in total. The van der Waals surface area contributed by atoms with Crippen LogP contribution in [0.5, 0.6) is 17.2 Å². The van der Waals surface area contributed by atoms with Gasteiger partial charge in [0, 0.05) is 5.02 Å². The Kier molecular flexibility index (Phi) is 4.53. The molecule has 2 aromatic rings. The summed E-state index contributed by atoms with van der Waals surface area (Å²) in [5.41, 5.74) is 0.742. The highest BCUT2D eigenvalue weighted by Crippen LogP contribution is 2.36. The minimum Gasteiger partial charge on any atom is -0.493 e. The summed E-state index contributed by atoms with van der Waals surface area (Å²) in [7, 11) is 1.53. The quantitative estimate of drug-likeness (QED) is 0.915. The number of methoxy groups -OCH3 is 1. The SMILES string of the molecule is COc1cc(CO)ccc1Oc1ccc(Cl)cc1Cl. The number of rotatable bonds is 4. The minimum absolute atomic E-state index is 0.0572. The molecule has 0 fully saturated rings. The maximum Gasteiger partial charge on any atom is 0.169 e. The van der Waals surface area contributed by atoms with Crippen molar-refractivity contribution in [3.63, 3.8) is 0 Å². The van der Waals surface area contributed by atoms with E-state index >= 15 is 0 Å². The molecule has 0 atom stereocenters. The number of halogens is 2. The topological polar surface area (TPSA) is 38.7 Å².